The number of para-hydroxylation sites is 1. The molecule has 30 heavy (non-hydrogen) atoms. The lowest BCUT2D eigenvalue weighted by Crippen LogP contribution is -2.34. The third-order valence-electron chi connectivity index (χ3n) is 4.17. The van der Waals surface area contributed by atoms with E-state index < -0.39 is 10.9 Å². The molecule has 0 atom stereocenters. The smallest absolute Gasteiger partial charge is 0.289 e. The number of anilines is 1. The van der Waals surface area contributed by atoms with Gasteiger partial charge in [0.2, 0.25) is 10.8 Å². The summed E-state index contributed by atoms with van der Waals surface area (Å²) in [5, 5.41) is 33.1. The Morgan fingerprint density at radius 1 is 1.20 bits per heavy atom. The van der Waals surface area contributed by atoms with Crippen LogP contribution in [-0.2, 0) is 0 Å². The highest BCUT2D eigenvalue weighted by Gasteiger charge is 2.24. The molecule has 150 valence electrons. The maximum atomic E-state index is 12.2. The minimum absolute atomic E-state index is 0.0120. The summed E-state index contributed by atoms with van der Waals surface area (Å²) in [5.74, 6) is -0.596. The van der Waals surface area contributed by atoms with Gasteiger partial charge in [-0.1, -0.05) is 18.2 Å². The van der Waals surface area contributed by atoms with E-state index in [1.807, 2.05) is 18.2 Å². The average molecular weight is 422 g/mol. The molecular formula is C19H14N6O4S. The van der Waals surface area contributed by atoms with E-state index in [1.54, 1.807) is 36.6 Å². The number of nitrogens with zero attached hydrogens (tertiary/aromatic N) is 5. The number of non-ortho nitro benzene ring substituents is 1. The lowest BCUT2D eigenvalue weighted by Gasteiger charge is -2.01. The summed E-state index contributed by atoms with van der Waals surface area (Å²) in [6.45, 7) is 1.77. The standard InChI is InChI=1S/C19H14N6O4S/c1-12(13-7-9-15(10-8-13)25(27)28)21-22-19-20-16(11-30-19)17-18(26)29-23-24(17)14-5-3-2-4-6-14/h2-11H,1H3,(H-,20,22,23,26)/b21-12+. The van der Waals surface area contributed by atoms with E-state index in [4.69, 9.17) is 4.52 Å². The van der Waals surface area contributed by atoms with Gasteiger partial charge in [-0.15, -0.1) is 11.3 Å². The first kappa shape index (κ1) is 19.2. The van der Waals surface area contributed by atoms with E-state index in [0.717, 1.165) is 5.56 Å². The molecule has 0 amide bonds. The first-order chi connectivity index (χ1) is 14.5. The van der Waals surface area contributed by atoms with Gasteiger partial charge in [-0.25, -0.2) is 4.98 Å². The molecule has 0 bridgehead atoms. The molecular weight excluding hydrogens is 408 g/mol. The molecule has 1 N–H and O–H groups in total. The van der Waals surface area contributed by atoms with Gasteiger partial charge in [0.25, 0.3) is 11.4 Å². The molecule has 0 aliphatic carbocycles. The van der Waals surface area contributed by atoms with Gasteiger partial charge in [-0.3, -0.25) is 15.5 Å². The Bertz CT molecular complexity index is 1220. The average Bonchev–Trinajstić information content (AvgIpc) is 3.39. The van der Waals surface area contributed by atoms with E-state index in [1.165, 1.54) is 28.2 Å². The molecule has 0 radical (unpaired) electrons. The van der Waals surface area contributed by atoms with Crippen LogP contribution in [0.15, 0.2) is 69.6 Å². The molecule has 2 aromatic carbocycles. The molecule has 4 rings (SSSR count). The molecule has 4 aromatic rings. The summed E-state index contributed by atoms with van der Waals surface area (Å²) in [4.78, 5) is 14.7. The molecule has 2 aromatic heterocycles. The minimum atomic E-state index is -0.596. The number of hydrogen-bond acceptors (Lipinski definition) is 9. The number of rotatable bonds is 6. The van der Waals surface area contributed by atoms with Crippen LogP contribution in [0.25, 0.3) is 17.1 Å². The normalized spacial score (nSPS) is 11.4. The number of benzene rings is 2. The second-order valence-corrected chi connectivity index (χ2v) is 6.97. The lowest BCUT2D eigenvalue weighted by molar-refractivity contribution is -0.660. The van der Waals surface area contributed by atoms with Gasteiger partial charge in [-0.05, 0) is 29.3 Å². The SMILES string of the molecule is C/C(=N\Nc1nc(-c2c([O-])on[n+]2-c2ccccc2)cs1)c1ccc([N+](=O)[O-])cc1. The second kappa shape index (κ2) is 8.09. The molecule has 11 heteroatoms. The molecule has 0 unspecified atom stereocenters. The zero-order valence-electron chi connectivity index (χ0n) is 15.6. The van der Waals surface area contributed by atoms with Gasteiger partial charge >= 0.3 is 0 Å². The number of aromatic nitrogens is 3. The first-order valence-corrected chi connectivity index (χ1v) is 9.56. The Labute approximate surface area is 173 Å². The van der Waals surface area contributed by atoms with Crippen molar-refractivity contribution in [3.8, 4) is 23.0 Å². The minimum Gasteiger partial charge on any atom is -0.539 e. The first-order valence-electron chi connectivity index (χ1n) is 8.68. The maximum absolute atomic E-state index is 12.2. The van der Waals surface area contributed by atoms with Crippen molar-refractivity contribution in [2.45, 2.75) is 6.92 Å². The second-order valence-electron chi connectivity index (χ2n) is 6.11. The van der Waals surface area contributed by atoms with Crippen LogP contribution in [0.3, 0.4) is 0 Å². The fourth-order valence-corrected chi connectivity index (χ4v) is 3.30. The zero-order chi connectivity index (χ0) is 21.1. The summed E-state index contributed by atoms with van der Waals surface area (Å²) in [6, 6.07) is 15.2. The molecule has 0 saturated heterocycles. The van der Waals surface area contributed by atoms with Crippen molar-refractivity contribution in [3.05, 3.63) is 75.7 Å². The monoisotopic (exact) mass is 422 g/mol. The third-order valence-corrected chi connectivity index (χ3v) is 4.92. The molecule has 0 aliphatic heterocycles. The van der Waals surface area contributed by atoms with Crippen LogP contribution in [0.1, 0.15) is 12.5 Å². The highest BCUT2D eigenvalue weighted by Crippen LogP contribution is 2.28. The van der Waals surface area contributed by atoms with Crippen LogP contribution in [0, 0.1) is 10.1 Å². The predicted molar refractivity (Wildman–Crippen MR) is 108 cm³/mol. The van der Waals surface area contributed by atoms with Crippen LogP contribution in [0.4, 0.5) is 10.8 Å². The fraction of sp³-hybridized carbons (Fsp3) is 0.0526. The van der Waals surface area contributed by atoms with Gasteiger partial charge in [0, 0.05) is 29.6 Å². The van der Waals surface area contributed by atoms with Gasteiger partial charge in [0.05, 0.1) is 15.9 Å². The molecule has 0 fully saturated rings. The summed E-state index contributed by atoms with van der Waals surface area (Å²) >= 11 is 1.26. The van der Waals surface area contributed by atoms with E-state index >= 15 is 0 Å². The van der Waals surface area contributed by atoms with E-state index in [-0.39, 0.29) is 11.4 Å². The van der Waals surface area contributed by atoms with E-state index in [2.05, 4.69) is 20.8 Å². The number of thiazole rings is 1. The summed E-state index contributed by atoms with van der Waals surface area (Å²) in [6.07, 6.45) is 0. The highest BCUT2D eigenvalue weighted by molar-refractivity contribution is 7.14. The van der Waals surface area contributed by atoms with Gasteiger partial charge in [0.15, 0.2) is 11.6 Å². The third kappa shape index (κ3) is 3.86. The summed E-state index contributed by atoms with van der Waals surface area (Å²) < 4.78 is 6.22. The van der Waals surface area contributed by atoms with Gasteiger partial charge in [-0.2, -0.15) is 5.10 Å². The highest BCUT2D eigenvalue weighted by atomic mass is 32.1. The van der Waals surface area contributed by atoms with Crippen molar-refractivity contribution in [2.24, 2.45) is 5.10 Å². The van der Waals surface area contributed by atoms with Crippen LogP contribution in [0.2, 0.25) is 0 Å². The fourth-order valence-electron chi connectivity index (χ4n) is 2.66. The Morgan fingerprint density at radius 3 is 2.63 bits per heavy atom. The number of hydrogen-bond donors (Lipinski definition) is 1. The Balaban J connectivity index is 1.55. The van der Waals surface area contributed by atoms with Crippen molar-refractivity contribution in [1.29, 1.82) is 0 Å². The van der Waals surface area contributed by atoms with E-state index in [0.29, 0.717) is 22.2 Å². The Hall–Kier alpha value is -4.12. The predicted octanol–water partition coefficient (Wildman–Crippen LogP) is 2.89. The maximum Gasteiger partial charge on any atom is 0.289 e. The number of nitro benzene ring substituents is 1. The molecule has 2 heterocycles. The number of hydrazone groups is 1. The topological polar surface area (TPSA) is 133 Å². The van der Waals surface area contributed by atoms with Crippen LogP contribution < -0.4 is 15.2 Å². The van der Waals surface area contributed by atoms with Crippen LogP contribution in [0.5, 0.6) is 5.95 Å². The van der Waals surface area contributed by atoms with Crippen LogP contribution in [-0.4, -0.2) is 20.9 Å². The Kier molecular flexibility index (Phi) is 5.18. The van der Waals surface area contributed by atoms with Gasteiger partial charge < -0.3 is 9.63 Å². The largest absolute Gasteiger partial charge is 0.539 e. The zero-order valence-corrected chi connectivity index (χ0v) is 16.4. The van der Waals surface area contributed by atoms with Gasteiger partial charge in [0.1, 0.15) is 0 Å². The van der Waals surface area contributed by atoms with Crippen molar-refractivity contribution in [2.75, 3.05) is 5.43 Å². The molecule has 10 nitrogen and oxygen atoms in total. The van der Waals surface area contributed by atoms with E-state index in [9.17, 15) is 15.2 Å². The quantitative estimate of drug-likeness (QED) is 0.218. The lowest BCUT2D eigenvalue weighted by atomic mass is 10.1. The van der Waals surface area contributed by atoms with Crippen molar-refractivity contribution >= 4 is 27.9 Å². The molecule has 0 spiro atoms. The Morgan fingerprint density at radius 2 is 1.93 bits per heavy atom. The number of nitrogens with one attached hydrogen (secondary N) is 1. The summed E-state index contributed by atoms with van der Waals surface area (Å²) in [7, 11) is 0. The summed E-state index contributed by atoms with van der Waals surface area (Å²) in [5.41, 5.74) is 5.49. The van der Waals surface area contributed by atoms with Crippen molar-refractivity contribution in [1.82, 2.24) is 10.3 Å². The van der Waals surface area contributed by atoms with Crippen molar-refractivity contribution in [3.63, 3.8) is 0 Å². The number of nitro groups is 1. The van der Waals surface area contributed by atoms with Crippen molar-refractivity contribution < 1.29 is 19.2 Å². The molecule has 0 saturated carbocycles. The van der Waals surface area contributed by atoms with Crippen LogP contribution >= 0.6 is 11.3 Å². The molecule has 0 aliphatic rings.